The first-order chi connectivity index (χ1) is 13.6. The quantitative estimate of drug-likeness (QED) is 0.554. The van der Waals surface area contributed by atoms with Crippen molar-refractivity contribution in [2.75, 3.05) is 13.2 Å². The number of aromatic nitrogens is 4. The molecule has 1 aliphatic heterocycles. The molecule has 152 valence electrons. The van der Waals surface area contributed by atoms with E-state index in [-0.39, 0.29) is 18.4 Å². The average Bonchev–Trinajstić information content (AvgIpc) is 3.08. The van der Waals surface area contributed by atoms with E-state index in [4.69, 9.17) is 9.47 Å². The van der Waals surface area contributed by atoms with E-state index in [1.807, 2.05) is 32.1 Å². The molecule has 0 bridgehead atoms. The molecule has 1 unspecified atom stereocenters. The van der Waals surface area contributed by atoms with Crippen LogP contribution >= 0.6 is 0 Å². The first-order valence-electron chi connectivity index (χ1n) is 9.79. The first kappa shape index (κ1) is 20.3. The van der Waals surface area contributed by atoms with Crippen molar-refractivity contribution in [1.82, 2.24) is 19.1 Å². The highest BCUT2D eigenvalue weighted by molar-refractivity contribution is 5.69. The Balaban J connectivity index is 1.72. The van der Waals surface area contributed by atoms with Gasteiger partial charge in [-0.15, -0.1) is 0 Å². The normalized spacial score (nSPS) is 18.4. The number of hydrogen-bond donors (Lipinski definition) is 1. The van der Waals surface area contributed by atoms with Crippen molar-refractivity contribution in [2.45, 2.75) is 58.9 Å². The highest BCUT2D eigenvalue weighted by Gasteiger charge is 2.15. The largest absolute Gasteiger partial charge is 0.353 e. The summed E-state index contributed by atoms with van der Waals surface area (Å²) in [5.74, 6) is 0. The van der Waals surface area contributed by atoms with Gasteiger partial charge in [-0.3, -0.25) is 14.3 Å². The molecule has 0 amide bonds. The van der Waals surface area contributed by atoms with Gasteiger partial charge in [0.15, 0.2) is 17.5 Å². The number of H-pyrrole nitrogens is 1. The molecule has 0 radical (unpaired) electrons. The van der Waals surface area contributed by atoms with Gasteiger partial charge >= 0.3 is 5.69 Å². The summed E-state index contributed by atoms with van der Waals surface area (Å²) in [5.41, 5.74) is 1.03. The number of nitrogens with zero attached hydrogens (tertiary/aromatic N) is 3. The fourth-order valence-corrected chi connectivity index (χ4v) is 3.27. The molecule has 1 N–H and O–H groups in total. The summed E-state index contributed by atoms with van der Waals surface area (Å²) in [6, 6.07) is 0. The maximum atomic E-state index is 12.9. The molecule has 0 saturated carbocycles. The predicted molar refractivity (Wildman–Crippen MR) is 107 cm³/mol. The maximum Gasteiger partial charge on any atom is 0.330 e. The predicted octanol–water partition coefficient (Wildman–Crippen LogP) is 2.34. The Morgan fingerprint density at radius 2 is 2.29 bits per heavy atom. The summed E-state index contributed by atoms with van der Waals surface area (Å²) < 4.78 is 14.2. The van der Waals surface area contributed by atoms with E-state index >= 15 is 0 Å². The molecule has 0 aliphatic carbocycles. The summed E-state index contributed by atoms with van der Waals surface area (Å²) in [5, 5.41) is 0. The summed E-state index contributed by atoms with van der Waals surface area (Å²) >= 11 is 0. The van der Waals surface area contributed by atoms with Gasteiger partial charge in [0, 0.05) is 19.7 Å². The van der Waals surface area contributed by atoms with Crippen LogP contribution < -0.4 is 11.2 Å². The van der Waals surface area contributed by atoms with Gasteiger partial charge in [-0.2, -0.15) is 0 Å². The van der Waals surface area contributed by atoms with Gasteiger partial charge in [-0.05, 0) is 39.5 Å². The van der Waals surface area contributed by atoms with Gasteiger partial charge in [0.1, 0.15) is 0 Å². The van der Waals surface area contributed by atoms with E-state index in [1.54, 1.807) is 10.9 Å². The molecule has 1 fully saturated rings. The van der Waals surface area contributed by atoms with Crippen molar-refractivity contribution in [3.8, 4) is 0 Å². The van der Waals surface area contributed by atoms with E-state index in [1.165, 1.54) is 4.57 Å². The van der Waals surface area contributed by atoms with E-state index in [0.29, 0.717) is 30.7 Å². The molecule has 3 rings (SSSR count). The second-order valence-corrected chi connectivity index (χ2v) is 7.02. The van der Waals surface area contributed by atoms with Crippen LogP contribution in [0.5, 0.6) is 0 Å². The van der Waals surface area contributed by atoms with Crippen LogP contribution in [0.1, 0.15) is 39.5 Å². The van der Waals surface area contributed by atoms with Gasteiger partial charge in [-0.1, -0.05) is 23.8 Å². The van der Waals surface area contributed by atoms with Gasteiger partial charge in [0.05, 0.1) is 12.9 Å². The number of imidazole rings is 1. The van der Waals surface area contributed by atoms with Crippen molar-refractivity contribution >= 4 is 11.2 Å². The van der Waals surface area contributed by atoms with Crippen molar-refractivity contribution < 1.29 is 9.47 Å². The monoisotopic (exact) mass is 388 g/mol. The molecular weight excluding hydrogens is 360 g/mol. The minimum Gasteiger partial charge on any atom is -0.353 e. The zero-order chi connectivity index (χ0) is 19.9. The molecule has 3 heterocycles. The topological polar surface area (TPSA) is 91.1 Å². The van der Waals surface area contributed by atoms with Gasteiger partial charge in [-0.25, -0.2) is 9.78 Å². The van der Waals surface area contributed by atoms with Crippen molar-refractivity contribution in [1.29, 1.82) is 0 Å². The van der Waals surface area contributed by atoms with E-state index in [9.17, 15) is 9.59 Å². The number of nitrogens with one attached hydrogen (secondary N) is 1. The van der Waals surface area contributed by atoms with Gasteiger partial charge in [0.25, 0.3) is 5.56 Å². The molecule has 2 aromatic heterocycles. The van der Waals surface area contributed by atoms with Crippen LogP contribution in [0, 0.1) is 0 Å². The molecule has 1 aliphatic rings. The Hall–Kier alpha value is -2.45. The third-order valence-corrected chi connectivity index (χ3v) is 4.72. The van der Waals surface area contributed by atoms with Crippen LogP contribution in [0.3, 0.4) is 0 Å². The van der Waals surface area contributed by atoms with Gasteiger partial charge in [0.2, 0.25) is 0 Å². The second-order valence-electron chi connectivity index (χ2n) is 7.02. The van der Waals surface area contributed by atoms with Crippen LogP contribution in [0.15, 0.2) is 39.7 Å². The fourth-order valence-electron chi connectivity index (χ4n) is 3.27. The number of rotatable bonds is 8. The van der Waals surface area contributed by atoms with E-state index in [0.717, 1.165) is 31.4 Å². The molecule has 0 spiro atoms. The molecule has 1 atom stereocenters. The Kier molecular flexibility index (Phi) is 7.00. The molecule has 1 saturated heterocycles. The minimum atomic E-state index is -0.446. The number of hydrogen-bond acceptors (Lipinski definition) is 5. The Morgan fingerprint density at radius 1 is 1.43 bits per heavy atom. The van der Waals surface area contributed by atoms with Crippen LogP contribution in [0.4, 0.5) is 0 Å². The molecule has 0 aromatic carbocycles. The summed E-state index contributed by atoms with van der Waals surface area (Å²) in [7, 11) is 0. The molecule has 28 heavy (non-hydrogen) atoms. The SMILES string of the molecule is C/C=C\C=C(/C)Cn1cnc2[nH]c(=O)n(CCCOC3CCCCO3)c(=O)c21. The van der Waals surface area contributed by atoms with Gasteiger partial charge < -0.3 is 14.0 Å². The smallest absolute Gasteiger partial charge is 0.330 e. The van der Waals surface area contributed by atoms with E-state index < -0.39 is 5.69 Å². The highest BCUT2D eigenvalue weighted by Crippen LogP contribution is 2.13. The summed E-state index contributed by atoms with van der Waals surface area (Å²) in [6.07, 6.45) is 10.9. The van der Waals surface area contributed by atoms with Crippen LogP contribution in [0.25, 0.3) is 11.2 Å². The Labute approximate surface area is 163 Å². The second kappa shape index (κ2) is 9.66. The first-order valence-corrected chi connectivity index (χ1v) is 9.79. The number of allylic oxidation sites excluding steroid dienone is 4. The van der Waals surface area contributed by atoms with Crippen molar-refractivity contribution in [2.24, 2.45) is 0 Å². The Bertz CT molecular complexity index is 961. The third-order valence-electron chi connectivity index (χ3n) is 4.72. The number of fused-ring (bicyclic) bond motifs is 1. The lowest BCUT2D eigenvalue weighted by Gasteiger charge is -2.22. The third kappa shape index (κ3) is 4.88. The lowest BCUT2D eigenvalue weighted by atomic mass is 10.2. The highest BCUT2D eigenvalue weighted by atomic mass is 16.7. The molecule has 8 heteroatoms. The van der Waals surface area contributed by atoms with E-state index in [2.05, 4.69) is 9.97 Å². The zero-order valence-electron chi connectivity index (χ0n) is 16.5. The van der Waals surface area contributed by atoms with Crippen LogP contribution in [-0.2, 0) is 22.6 Å². The fraction of sp³-hybridized carbons (Fsp3) is 0.550. The number of ether oxygens (including phenoxy) is 2. The summed E-state index contributed by atoms with van der Waals surface area (Å²) in [4.78, 5) is 32.1. The van der Waals surface area contributed by atoms with Crippen LogP contribution in [-0.4, -0.2) is 38.6 Å². The average molecular weight is 388 g/mol. The standard InChI is InChI=1S/C20H28N4O4/c1-3-4-8-15(2)13-23-14-21-18-17(23)19(25)24(20(26)22-18)10-7-12-28-16-9-5-6-11-27-16/h3-4,8,14,16H,5-7,9-13H2,1-2H3,(H,22,26)/b4-3-,15-8+. The lowest BCUT2D eigenvalue weighted by molar-refractivity contribution is -0.163. The zero-order valence-corrected chi connectivity index (χ0v) is 16.5. The molecule has 2 aromatic rings. The minimum absolute atomic E-state index is 0.167. The molecular formula is C20H28N4O4. The van der Waals surface area contributed by atoms with Crippen LogP contribution in [0.2, 0.25) is 0 Å². The Morgan fingerprint density at radius 3 is 3.04 bits per heavy atom. The van der Waals surface area contributed by atoms with Crippen molar-refractivity contribution in [3.05, 3.63) is 51.0 Å². The lowest BCUT2D eigenvalue weighted by Crippen LogP contribution is -2.36. The molecule has 8 nitrogen and oxygen atoms in total. The van der Waals surface area contributed by atoms with Crippen molar-refractivity contribution in [3.63, 3.8) is 0 Å². The maximum absolute atomic E-state index is 12.9. The summed E-state index contributed by atoms with van der Waals surface area (Å²) in [6.45, 7) is 5.93. The number of aromatic amines is 1.